The molecule has 5 heteroatoms. The highest BCUT2D eigenvalue weighted by atomic mass is 32.2. The summed E-state index contributed by atoms with van der Waals surface area (Å²) < 4.78 is 0. The molecule has 0 bridgehead atoms. The fraction of sp³-hybridized carbons (Fsp3) is 0.600. The van der Waals surface area contributed by atoms with Gasteiger partial charge in [0.2, 0.25) is 0 Å². The molecule has 1 amide bonds. The van der Waals surface area contributed by atoms with E-state index in [0.717, 1.165) is 30.7 Å². The molecule has 4 nitrogen and oxygen atoms in total. The van der Waals surface area contributed by atoms with Gasteiger partial charge in [0.25, 0.3) is 5.91 Å². The van der Waals surface area contributed by atoms with Crippen LogP contribution >= 0.6 is 11.8 Å². The second-order valence-electron chi connectivity index (χ2n) is 5.46. The number of pyridine rings is 1. The Bertz CT molecular complexity index is 459. The normalized spacial score (nSPS) is 17.7. The average molecular weight is 294 g/mol. The fourth-order valence-electron chi connectivity index (χ4n) is 2.78. The van der Waals surface area contributed by atoms with Crippen LogP contribution in [0.5, 0.6) is 0 Å². The maximum Gasteiger partial charge on any atom is 0.254 e. The van der Waals surface area contributed by atoms with Gasteiger partial charge in [-0.2, -0.15) is 0 Å². The molecule has 20 heavy (non-hydrogen) atoms. The number of aliphatic hydroxyl groups is 1. The topological polar surface area (TPSA) is 62.2 Å². The van der Waals surface area contributed by atoms with Crippen molar-refractivity contribution in [2.75, 3.05) is 19.4 Å². The summed E-state index contributed by atoms with van der Waals surface area (Å²) in [7, 11) is 0. The molecule has 0 aliphatic heterocycles. The molecule has 2 rings (SSSR count). The molecule has 0 radical (unpaired) electrons. The van der Waals surface area contributed by atoms with Crippen LogP contribution in [0, 0.1) is 5.41 Å². The molecular weight excluding hydrogens is 272 g/mol. The molecule has 0 aromatic carbocycles. The van der Waals surface area contributed by atoms with Crippen LogP contribution in [0.15, 0.2) is 23.4 Å². The molecule has 1 saturated carbocycles. The molecule has 1 aromatic heterocycles. The quantitative estimate of drug-likeness (QED) is 0.819. The van der Waals surface area contributed by atoms with Crippen LogP contribution in [0.25, 0.3) is 0 Å². The molecule has 110 valence electrons. The fourth-order valence-corrected chi connectivity index (χ4v) is 3.33. The number of hydrogen-bond donors (Lipinski definition) is 2. The van der Waals surface area contributed by atoms with Crippen molar-refractivity contribution in [3.63, 3.8) is 0 Å². The van der Waals surface area contributed by atoms with Crippen molar-refractivity contribution in [3.8, 4) is 0 Å². The van der Waals surface area contributed by atoms with E-state index in [1.807, 2.05) is 6.26 Å². The van der Waals surface area contributed by atoms with E-state index in [4.69, 9.17) is 0 Å². The van der Waals surface area contributed by atoms with Crippen molar-refractivity contribution in [2.45, 2.75) is 37.1 Å². The summed E-state index contributed by atoms with van der Waals surface area (Å²) in [5.41, 5.74) is 0.485. The second kappa shape index (κ2) is 7.09. The molecule has 1 aromatic rings. The summed E-state index contributed by atoms with van der Waals surface area (Å²) in [4.78, 5) is 16.5. The van der Waals surface area contributed by atoms with Gasteiger partial charge in [-0.05, 0) is 31.2 Å². The third kappa shape index (κ3) is 3.52. The van der Waals surface area contributed by atoms with Crippen molar-refractivity contribution >= 4 is 17.7 Å². The van der Waals surface area contributed by atoms with E-state index in [1.54, 1.807) is 18.3 Å². The van der Waals surface area contributed by atoms with Gasteiger partial charge in [-0.1, -0.05) is 19.3 Å². The lowest BCUT2D eigenvalue weighted by Crippen LogP contribution is -2.41. The number of nitrogens with zero attached hydrogens (tertiary/aromatic N) is 1. The maximum absolute atomic E-state index is 12.3. The lowest BCUT2D eigenvalue weighted by molar-refractivity contribution is 0.0716. The highest BCUT2D eigenvalue weighted by Gasteiger charge is 2.31. The van der Waals surface area contributed by atoms with Crippen LogP contribution in [-0.2, 0) is 0 Å². The monoisotopic (exact) mass is 294 g/mol. The molecule has 2 N–H and O–H groups in total. The molecule has 0 unspecified atom stereocenters. The van der Waals surface area contributed by atoms with Crippen molar-refractivity contribution in [1.82, 2.24) is 10.3 Å². The minimum atomic E-state index is -0.129. The lowest BCUT2D eigenvalue weighted by Gasteiger charge is -2.35. The SMILES string of the molecule is CSc1ncccc1C(=O)NCC1(CO)CCCCC1. The van der Waals surface area contributed by atoms with Gasteiger partial charge in [-0.15, -0.1) is 11.8 Å². The minimum Gasteiger partial charge on any atom is -0.396 e. The molecule has 1 heterocycles. The number of amides is 1. The van der Waals surface area contributed by atoms with Crippen LogP contribution in [-0.4, -0.2) is 35.4 Å². The zero-order valence-corrected chi connectivity index (χ0v) is 12.7. The molecule has 1 aliphatic carbocycles. The van der Waals surface area contributed by atoms with Crippen LogP contribution < -0.4 is 5.32 Å². The zero-order valence-electron chi connectivity index (χ0n) is 11.9. The predicted octanol–water partition coefficient (Wildman–Crippen LogP) is 2.48. The highest BCUT2D eigenvalue weighted by Crippen LogP contribution is 2.35. The van der Waals surface area contributed by atoms with Crippen LogP contribution in [0.1, 0.15) is 42.5 Å². The number of thioether (sulfide) groups is 1. The lowest BCUT2D eigenvalue weighted by atomic mass is 9.74. The molecule has 1 aliphatic rings. The van der Waals surface area contributed by atoms with E-state index >= 15 is 0 Å². The first-order valence-electron chi connectivity index (χ1n) is 7.09. The van der Waals surface area contributed by atoms with Crippen molar-refractivity contribution in [2.24, 2.45) is 5.41 Å². The van der Waals surface area contributed by atoms with Gasteiger partial charge in [0, 0.05) is 18.2 Å². The summed E-state index contributed by atoms with van der Waals surface area (Å²) in [5, 5.41) is 13.4. The van der Waals surface area contributed by atoms with Crippen LogP contribution in [0.3, 0.4) is 0 Å². The van der Waals surface area contributed by atoms with Crippen LogP contribution in [0.4, 0.5) is 0 Å². The minimum absolute atomic E-state index is 0.0964. The third-order valence-electron chi connectivity index (χ3n) is 4.08. The summed E-state index contributed by atoms with van der Waals surface area (Å²) in [6.45, 7) is 0.695. The first-order chi connectivity index (χ1) is 9.71. The van der Waals surface area contributed by atoms with E-state index in [-0.39, 0.29) is 17.9 Å². The van der Waals surface area contributed by atoms with Gasteiger partial charge in [-0.3, -0.25) is 4.79 Å². The Balaban J connectivity index is 2.00. The number of carbonyl (C=O) groups excluding carboxylic acids is 1. The highest BCUT2D eigenvalue weighted by molar-refractivity contribution is 7.98. The van der Waals surface area contributed by atoms with Gasteiger partial charge in [0.15, 0.2) is 0 Å². The Morgan fingerprint density at radius 1 is 1.45 bits per heavy atom. The second-order valence-corrected chi connectivity index (χ2v) is 6.26. The van der Waals surface area contributed by atoms with E-state index in [9.17, 15) is 9.90 Å². The Labute approximate surface area is 124 Å². The molecule has 0 atom stereocenters. The van der Waals surface area contributed by atoms with Gasteiger partial charge >= 0.3 is 0 Å². The van der Waals surface area contributed by atoms with E-state index in [1.165, 1.54) is 18.2 Å². The number of hydrogen-bond acceptors (Lipinski definition) is 4. The number of nitrogens with one attached hydrogen (secondary N) is 1. The van der Waals surface area contributed by atoms with Gasteiger partial charge < -0.3 is 10.4 Å². The summed E-state index contributed by atoms with van der Waals surface area (Å²) >= 11 is 1.47. The first kappa shape index (κ1) is 15.3. The number of carbonyl (C=O) groups is 1. The Kier molecular flexibility index (Phi) is 5.43. The predicted molar refractivity (Wildman–Crippen MR) is 81.0 cm³/mol. The smallest absolute Gasteiger partial charge is 0.254 e. The molecule has 0 saturated heterocycles. The van der Waals surface area contributed by atoms with Gasteiger partial charge in [0.1, 0.15) is 5.03 Å². The van der Waals surface area contributed by atoms with E-state index < -0.39 is 0 Å². The largest absolute Gasteiger partial charge is 0.396 e. The van der Waals surface area contributed by atoms with Crippen molar-refractivity contribution in [1.29, 1.82) is 0 Å². The summed E-state index contributed by atoms with van der Waals surface area (Å²) in [5.74, 6) is -0.0964. The Morgan fingerprint density at radius 2 is 2.20 bits per heavy atom. The molecule has 0 spiro atoms. The summed E-state index contributed by atoms with van der Waals surface area (Å²) in [6.07, 6.45) is 9.10. The van der Waals surface area contributed by atoms with Crippen molar-refractivity contribution < 1.29 is 9.90 Å². The number of aromatic nitrogens is 1. The standard InChI is InChI=1S/C15H22N2O2S/c1-20-14-12(6-5-9-16-14)13(19)17-10-15(11-18)7-3-2-4-8-15/h5-6,9,18H,2-4,7-8,10-11H2,1H3,(H,17,19). The molecule has 1 fully saturated rings. The Morgan fingerprint density at radius 3 is 2.85 bits per heavy atom. The van der Waals surface area contributed by atoms with Crippen molar-refractivity contribution in [3.05, 3.63) is 23.9 Å². The third-order valence-corrected chi connectivity index (χ3v) is 4.79. The first-order valence-corrected chi connectivity index (χ1v) is 8.31. The number of aliphatic hydroxyl groups excluding tert-OH is 1. The number of rotatable bonds is 5. The maximum atomic E-state index is 12.3. The Hall–Kier alpha value is -1.07. The van der Waals surface area contributed by atoms with E-state index in [0.29, 0.717) is 12.1 Å². The zero-order chi connectivity index (χ0) is 14.4. The molecular formula is C15H22N2O2S. The average Bonchev–Trinajstić information content (AvgIpc) is 2.53. The van der Waals surface area contributed by atoms with E-state index in [2.05, 4.69) is 10.3 Å². The van der Waals surface area contributed by atoms with Crippen LogP contribution in [0.2, 0.25) is 0 Å². The van der Waals surface area contributed by atoms with Gasteiger partial charge in [-0.25, -0.2) is 4.98 Å². The summed E-state index contributed by atoms with van der Waals surface area (Å²) in [6, 6.07) is 3.57. The van der Waals surface area contributed by atoms with Gasteiger partial charge in [0.05, 0.1) is 12.2 Å².